The van der Waals surface area contributed by atoms with E-state index in [0.717, 1.165) is 107 Å². The van der Waals surface area contributed by atoms with Crippen LogP contribution in [0.5, 0.6) is 0 Å². The van der Waals surface area contributed by atoms with Crippen LogP contribution in [-0.2, 0) is 0 Å². The minimum atomic E-state index is 0.500. The summed E-state index contributed by atoms with van der Waals surface area (Å²) in [4.78, 5) is 15.9. The largest absolute Gasteiger partial charge is 0.423 e. The highest BCUT2D eigenvalue weighted by atomic mass is 35.5. The van der Waals surface area contributed by atoms with Crippen molar-refractivity contribution in [2.45, 2.75) is 0 Å². The third kappa shape index (κ3) is 10.8. The Balaban J connectivity index is 0.000000131. The van der Waals surface area contributed by atoms with Gasteiger partial charge in [-0.3, -0.25) is 8.80 Å². The first-order valence-corrected chi connectivity index (χ1v) is 29.3. The van der Waals surface area contributed by atoms with Crippen molar-refractivity contribution in [3.05, 3.63) is 318 Å². The van der Waals surface area contributed by atoms with Crippen LogP contribution in [0.15, 0.2) is 312 Å². The number of nitrogens with one attached hydrogen (secondary N) is 1. The molecule has 4 aromatic heterocycles. The molecule has 0 bridgehead atoms. The van der Waals surface area contributed by atoms with Gasteiger partial charge in [0, 0.05) is 45.5 Å². The normalized spacial score (nSPS) is 11.2. The molecule has 0 aliphatic rings. The van der Waals surface area contributed by atoms with E-state index < -0.39 is 0 Å². The van der Waals surface area contributed by atoms with E-state index in [2.05, 4.69) is 108 Å². The average Bonchev–Trinajstić information content (AvgIpc) is 1.88. The third-order valence-electron chi connectivity index (χ3n) is 14.9. The quantitative estimate of drug-likeness (QED) is 0.137. The zero-order valence-corrected chi connectivity index (χ0v) is 48.7. The lowest BCUT2D eigenvalue weighted by molar-refractivity contribution is 0.642. The minimum Gasteiger partial charge on any atom is -0.423 e. The molecule has 0 amide bonds. The Morgan fingerprint density at radius 1 is 0.299 bits per heavy atom. The molecule has 0 atom stereocenters. The first-order valence-electron chi connectivity index (χ1n) is 28.2. The summed E-state index contributed by atoms with van der Waals surface area (Å²) in [6, 6.07) is 101. The van der Waals surface area contributed by atoms with Gasteiger partial charge in [-0.2, -0.15) is 9.97 Å². The van der Waals surface area contributed by atoms with E-state index in [-0.39, 0.29) is 0 Å². The highest BCUT2D eigenvalue weighted by molar-refractivity contribution is 6.44. The van der Waals surface area contributed by atoms with Crippen molar-refractivity contribution in [1.82, 2.24) is 18.8 Å². The molecule has 12 aromatic carbocycles. The van der Waals surface area contributed by atoms with Crippen LogP contribution in [0.25, 0.3) is 56.0 Å². The summed E-state index contributed by atoms with van der Waals surface area (Å²) in [5.74, 6) is 1.14. The number of nitrogens with zero attached hydrogens (tertiary/aromatic N) is 7. The molecule has 16 aromatic rings. The van der Waals surface area contributed by atoms with Crippen molar-refractivity contribution in [2.24, 2.45) is 0 Å². The number of aromatic nitrogens is 4. The van der Waals surface area contributed by atoms with E-state index >= 15 is 0 Å². The van der Waals surface area contributed by atoms with E-state index in [1.165, 1.54) is 0 Å². The Labute approximate surface area is 516 Å². The van der Waals surface area contributed by atoms with Gasteiger partial charge in [0.25, 0.3) is 0 Å². The van der Waals surface area contributed by atoms with Crippen LogP contribution in [0.1, 0.15) is 0 Å². The van der Waals surface area contributed by atoms with E-state index in [0.29, 0.717) is 26.8 Å². The van der Waals surface area contributed by atoms with Gasteiger partial charge >= 0.3 is 11.7 Å². The van der Waals surface area contributed by atoms with E-state index in [1.54, 1.807) is 6.07 Å². The van der Waals surface area contributed by atoms with Crippen LogP contribution in [0.4, 0.5) is 62.6 Å². The van der Waals surface area contributed by atoms with Gasteiger partial charge in [-0.1, -0.05) is 180 Å². The Morgan fingerprint density at radius 3 is 1.03 bits per heavy atom. The number of rotatable bonds is 11. The summed E-state index contributed by atoms with van der Waals surface area (Å²) < 4.78 is 16.1. The van der Waals surface area contributed by atoms with Crippen molar-refractivity contribution < 1.29 is 8.83 Å². The fraction of sp³-hybridized carbons (Fsp3) is 0. The van der Waals surface area contributed by atoms with Gasteiger partial charge < -0.3 is 28.9 Å². The highest BCUT2D eigenvalue weighted by Gasteiger charge is 2.24. The first kappa shape index (κ1) is 54.2. The second-order valence-corrected chi connectivity index (χ2v) is 21.5. The van der Waals surface area contributed by atoms with Crippen molar-refractivity contribution in [2.75, 3.05) is 20.0 Å². The lowest BCUT2D eigenvalue weighted by Gasteiger charge is -2.31. The van der Waals surface area contributed by atoms with Crippen LogP contribution < -0.4 is 20.0 Å². The number of hydrogen-bond donors (Lipinski definition) is 1. The molecule has 4 heterocycles. The Hall–Kier alpha value is -10.8. The highest BCUT2D eigenvalue weighted by Crippen LogP contribution is 2.48. The fourth-order valence-corrected chi connectivity index (χ4v) is 11.6. The van der Waals surface area contributed by atoms with Crippen LogP contribution in [0.2, 0.25) is 15.1 Å². The molecule has 13 heteroatoms. The predicted octanol–water partition coefficient (Wildman–Crippen LogP) is 22.3. The summed E-state index contributed by atoms with van der Waals surface area (Å²) in [6.45, 7) is 0. The van der Waals surface area contributed by atoms with Crippen molar-refractivity contribution in [3.8, 4) is 0 Å². The Kier molecular flexibility index (Phi) is 15.0. The van der Waals surface area contributed by atoms with Crippen LogP contribution in [0.3, 0.4) is 0 Å². The maximum Gasteiger partial charge on any atom is 0.307 e. The molecule has 0 fully saturated rings. The average molecular weight is 1190 g/mol. The molecule has 0 saturated carbocycles. The van der Waals surface area contributed by atoms with Crippen LogP contribution in [-0.4, -0.2) is 18.8 Å². The lowest BCUT2D eigenvalue weighted by Crippen LogP contribution is -2.14. The van der Waals surface area contributed by atoms with E-state index in [4.69, 9.17) is 48.6 Å². The maximum atomic E-state index is 7.43. The molecule has 10 nitrogen and oxygen atoms in total. The molecule has 0 unspecified atom stereocenters. The van der Waals surface area contributed by atoms with Gasteiger partial charge in [0.1, 0.15) is 0 Å². The van der Waals surface area contributed by atoms with Gasteiger partial charge in [0.2, 0.25) is 0 Å². The monoisotopic (exact) mass is 1190 g/mol. The van der Waals surface area contributed by atoms with Gasteiger partial charge in [-0.05, 0) is 158 Å². The molecule has 0 aliphatic carbocycles. The molecule has 0 aliphatic heterocycles. The van der Waals surface area contributed by atoms with Crippen LogP contribution >= 0.6 is 34.8 Å². The Morgan fingerprint density at radius 2 is 0.632 bits per heavy atom. The number of imidazole rings is 2. The summed E-state index contributed by atoms with van der Waals surface area (Å²) in [6.07, 6.45) is 0. The van der Waals surface area contributed by atoms with E-state index in [1.807, 2.05) is 223 Å². The van der Waals surface area contributed by atoms with Crippen molar-refractivity contribution in [1.29, 1.82) is 0 Å². The Bertz CT molecular complexity index is 4950. The summed E-state index contributed by atoms with van der Waals surface area (Å²) in [5.41, 5.74) is 17.9. The third-order valence-corrected chi connectivity index (χ3v) is 16.0. The smallest absolute Gasteiger partial charge is 0.307 e. The van der Waals surface area contributed by atoms with E-state index in [9.17, 15) is 0 Å². The molecule has 1 N–H and O–H groups in total. The molecule has 87 heavy (non-hydrogen) atoms. The molecular weight excluding hydrogens is 1140 g/mol. The number of halogens is 3. The van der Waals surface area contributed by atoms with Crippen LogP contribution in [0, 0.1) is 0 Å². The fourth-order valence-electron chi connectivity index (χ4n) is 10.9. The second-order valence-electron chi connectivity index (χ2n) is 20.3. The number of oxazole rings is 2. The molecule has 0 radical (unpaired) electrons. The number of hydrogen-bond acceptors (Lipinski definition) is 8. The molecule has 420 valence electrons. The summed E-state index contributed by atoms with van der Waals surface area (Å²) >= 11 is 20.4. The number of benzene rings is 12. The summed E-state index contributed by atoms with van der Waals surface area (Å²) in [5, 5.41) is 4.94. The van der Waals surface area contributed by atoms with Crippen molar-refractivity contribution >= 4 is 153 Å². The zero-order valence-electron chi connectivity index (χ0n) is 46.4. The zero-order chi connectivity index (χ0) is 58.6. The molecular formula is C74H51Cl3N8O2. The van der Waals surface area contributed by atoms with Gasteiger partial charge in [-0.15, -0.1) is 0 Å². The topological polar surface area (TPSA) is 82.6 Å². The lowest BCUT2D eigenvalue weighted by atomic mass is 10.1. The standard InChI is InChI=1S/C37H25ClN4O.C25H15Cl2N3O.C12H11N/c38-36-32(40(26-13-4-1-5-14-26)27-15-6-2-7-16-27)20-12-21-33(36)41(28-17-8-3-9-18-28)29-23-24-30-34(25-29)42-31-19-10-11-22-35(31)43-37(42)39-30;26-18-9-6-11-21(24(18)27)29(16-7-2-1-3-8-16)17-13-14-19-22(15-17)30-20-10-4-5-12-23(20)31-25(30)28-19;1-3-7-11(8-4-1)13-12-9-5-2-6-10-12/h1-25H;1-15H;1-10,13H. The van der Waals surface area contributed by atoms with Crippen molar-refractivity contribution in [3.63, 3.8) is 0 Å². The summed E-state index contributed by atoms with van der Waals surface area (Å²) in [7, 11) is 0. The number of fused-ring (bicyclic) bond motifs is 10. The number of anilines is 11. The van der Waals surface area contributed by atoms with Gasteiger partial charge in [0.05, 0.1) is 65.2 Å². The SMILES string of the molecule is Clc1c(N(c2ccccc2)c2ccccc2)cccc1N(c1ccccc1)c1ccc2nc3oc4ccccc4n3c2c1.Clc1cccc(N(c2ccccc2)c2ccc3nc4oc5ccccc5n4c3c2)c1Cl.c1ccc(Nc2ccccc2)cc1. The number of para-hydroxylation sites is 10. The molecule has 16 rings (SSSR count). The predicted molar refractivity (Wildman–Crippen MR) is 360 cm³/mol. The molecule has 0 saturated heterocycles. The van der Waals surface area contributed by atoms with Gasteiger partial charge in [-0.25, -0.2) is 0 Å². The first-order chi connectivity index (χ1) is 42.9. The second kappa shape index (κ2) is 24.1. The molecule has 0 spiro atoms. The maximum absolute atomic E-state index is 7.43. The van der Waals surface area contributed by atoms with Gasteiger partial charge in [0.15, 0.2) is 11.2 Å². The minimum absolute atomic E-state index is 0.500.